The number of carbonyl (C=O) groups excluding carboxylic acids is 1. The molecule has 1 aliphatic rings. The lowest BCUT2D eigenvalue weighted by atomic mass is 9.69. The van der Waals surface area contributed by atoms with Crippen LogP contribution in [-0.4, -0.2) is 34.7 Å². The van der Waals surface area contributed by atoms with Gasteiger partial charge in [0, 0.05) is 18.9 Å². The lowest BCUT2D eigenvalue weighted by Gasteiger charge is -2.36. The minimum Gasteiger partial charge on any atom is -0.480 e. The van der Waals surface area contributed by atoms with Crippen LogP contribution in [0.25, 0.3) is 0 Å². The molecule has 0 saturated heterocycles. The molecule has 1 fully saturated rings. The predicted molar refractivity (Wildman–Crippen MR) is 76.2 cm³/mol. The Labute approximate surface area is 120 Å². The lowest BCUT2D eigenvalue weighted by Crippen LogP contribution is -2.45. The molecule has 0 bridgehead atoms. The smallest absolute Gasteiger partial charge is 0.326 e. The number of aliphatic hydroxyl groups excluding tert-OH is 1. The number of carbonyl (C=O) groups is 2. The second kappa shape index (κ2) is 7.07. The number of amides is 1. The van der Waals surface area contributed by atoms with Crippen LogP contribution in [0.3, 0.4) is 0 Å². The highest BCUT2D eigenvalue weighted by molar-refractivity contribution is 5.85. The van der Waals surface area contributed by atoms with Gasteiger partial charge in [0.25, 0.3) is 0 Å². The Balaban J connectivity index is 2.48. The number of aliphatic hydroxyl groups is 1. The zero-order chi connectivity index (χ0) is 15.3. The molecule has 5 heteroatoms. The summed E-state index contributed by atoms with van der Waals surface area (Å²) in [5, 5.41) is 20.3. The number of hydrogen-bond acceptors (Lipinski definition) is 3. The Morgan fingerprint density at radius 3 is 2.15 bits per heavy atom. The predicted octanol–water partition coefficient (Wildman–Crippen LogP) is 1.79. The minimum atomic E-state index is -1.09. The van der Waals surface area contributed by atoms with Gasteiger partial charge in [0.1, 0.15) is 6.04 Å². The van der Waals surface area contributed by atoms with E-state index in [-0.39, 0.29) is 30.3 Å². The van der Waals surface area contributed by atoms with Crippen LogP contribution in [0.1, 0.15) is 52.9 Å². The maximum absolute atomic E-state index is 12.1. The first kappa shape index (κ1) is 17.0. The van der Waals surface area contributed by atoms with Crippen LogP contribution in [-0.2, 0) is 9.59 Å². The van der Waals surface area contributed by atoms with Crippen molar-refractivity contribution in [3.05, 3.63) is 0 Å². The highest BCUT2D eigenvalue weighted by Gasteiger charge is 2.33. The molecule has 20 heavy (non-hydrogen) atoms. The Morgan fingerprint density at radius 1 is 1.20 bits per heavy atom. The molecule has 0 aromatic heterocycles. The summed E-state index contributed by atoms with van der Waals surface area (Å²) in [6.45, 7) is 6.42. The third kappa shape index (κ3) is 4.78. The minimum absolute atomic E-state index is 0.0540. The van der Waals surface area contributed by atoms with E-state index in [9.17, 15) is 9.59 Å². The number of aliphatic carboxylic acids is 1. The number of hydrogen-bond donors (Lipinski definition) is 3. The van der Waals surface area contributed by atoms with Gasteiger partial charge in [-0.1, -0.05) is 20.8 Å². The van der Waals surface area contributed by atoms with Crippen molar-refractivity contribution in [1.82, 2.24) is 5.32 Å². The highest BCUT2D eigenvalue weighted by atomic mass is 16.4. The summed E-state index contributed by atoms with van der Waals surface area (Å²) in [4.78, 5) is 23.1. The van der Waals surface area contributed by atoms with Crippen molar-refractivity contribution in [3.8, 4) is 0 Å². The van der Waals surface area contributed by atoms with Gasteiger partial charge in [0.2, 0.25) is 5.91 Å². The van der Waals surface area contributed by atoms with Crippen molar-refractivity contribution >= 4 is 11.9 Å². The largest absolute Gasteiger partial charge is 0.480 e. The van der Waals surface area contributed by atoms with Crippen molar-refractivity contribution in [3.63, 3.8) is 0 Å². The Hall–Kier alpha value is -1.10. The van der Waals surface area contributed by atoms with Crippen LogP contribution in [0.15, 0.2) is 0 Å². The average molecular weight is 285 g/mol. The van der Waals surface area contributed by atoms with Gasteiger partial charge in [-0.2, -0.15) is 0 Å². The van der Waals surface area contributed by atoms with Crippen LogP contribution >= 0.6 is 0 Å². The van der Waals surface area contributed by atoms with E-state index in [1.165, 1.54) is 0 Å². The van der Waals surface area contributed by atoms with E-state index in [2.05, 4.69) is 26.1 Å². The molecule has 3 N–H and O–H groups in total. The van der Waals surface area contributed by atoms with E-state index in [4.69, 9.17) is 10.2 Å². The monoisotopic (exact) mass is 285 g/mol. The number of rotatable bonds is 5. The maximum Gasteiger partial charge on any atom is 0.326 e. The van der Waals surface area contributed by atoms with Gasteiger partial charge in [0.15, 0.2) is 0 Å². The second-order valence-corrected chi connectivity index (χ2v) is 6.83. The summed E-state index contributed by atoms with van der Waals surface area (Å²) >= 11 is 0. The third-order valence-electron chi connectivity index (χ3n) is 4.36. The first-order valence-electron chi connectivity index (χ1n) is 7.39. The number of carboxylic acids is 1. The average Bonchev–Trinajstić information content (AvgIpc) is 2.37. The molecule has 0 heterocycles. The van der Waals surface area contributed by atoms with Crippen LogP contribution in [0, 0.1) is 17.3 Å². The Kier molecular flexibility index (Phi) is 5.99. The fourth-order valence-corrected chi connectivity index (χ4v) is 2.90. The van der Waals surface area contributed by atoms with Crippen molar-refractivity contribution < 1.29 is 19.8 Å². The van der Waals surface area contributed by atoms with E-state index >= 15 is 0 Å². The lowest BCUT2D eigenvalue weighted by molar-refractivity contribution is -0.143. The van der Waals surface area contributed by atoms with Gasteiger partial charge < -0.3 is 15.5 Å². The molecule has 116 valence electrons. The van der Waals surface area contributed by atoms with Crippen LogP contribution in [0.5, 0.6) is 0 Å². The molecule has 0 unspecified atom stereocenters. The molecule has 0 spiro atoms. The van der Waals surface area contributed by atoms with E-state index < -0.39 is 12.0 Å². The SMILES string of the molecule is CC(C)(C)C1CCC(C(=O)N[C@@H](CCO)C(=O)O)CC1. The first-order valence-corrected chi connectivity index (χ1v) is 7.39. The summed E-state index contributed by atoms with van der Waals surface area (Å²) in [7, 11) is 0. The van der Waals surface area contributed by atoms with Gasteiger partial charge >= 0.3 is 5.97 Å². The highest BCUT2D eigenvalue weighted by Crippen LogP contribution is 2.39. The van der Waals surface area contributed by atoms with Gasteiger partial charge in [-0.15, -0.1) is 0 Å². The quantitative estimate of drug-likeness (QED) is 0.718. The first-order chi connectivity index (χ1) is 9.25. The van der Waals surface area contributed by atoms with Gasteiger partial charge in [-0.25, -0.2) is 4.79 Å². The second-order valence-electron chi connectivity index (χ2n) is 6.83. The molecule has 0 aliphatic heterocycles. The summed E-state index contributed by atoms with van der Waals surface area (Å²) in [6, 6.07) is -0.979. The molecular formula is C15H27NO4. The van der Waals surface area contributed by atoms with Crippen molar-refractivity contribution in [2.75, 3.05) is 6.61 Å². The fourth-order valence-electron chi connectivity index (χ4n) is 2.90. The maximum atomic E-state index is 12.1. The molecule has 0 aromatic carbocycles. The van der Waals surface area contributed by atoms with E-state index in [1.807, 2.05) is 0 Å². The zero-order valence-electron chi connectivity index (χ0n) is 12.7. The molecule has 1 rings (SSSR count). The molecule has 0 radical (unpaired) electrons. The molecule has 5 nitrogen and oxygen atoms in total. The molecule has 1 atom stereocenters. The summed E-state index contributed by atoms with van der Waals surface area (Å²) in [6.07, 6.45) is 3.72. The number of carboxylic acid groups (broad SMARTS) is 1. The van der Waals surface area contributed by atoms with Gasteiger partial charge in [0.05, 0.1) is 0 Å². The van der Waals surface area contributed by atoms with E-state index in [0.29, 0.717) is 5.92 Å². The Bertz CT molecular complexity index is 340. The molecule has 1 amide bonds. The Morgan fingerprint density at radius 2 is 1.75 bits per heavy atom. The molecule has 0 aromatic rings. The van der Waals surface area contributed by atoms with Crippen molar-refractivity contribution in [2.24, 2.45) is 17.3 Å². The fraction of sp³-hybridized carbons (Fsp3) is 0.867. The summed E-state index contributed by atoms with van der Waals surface area (Å²) in [5.74, 6) is -0.734. The normalized spacial score (nSPS) is 25.0. The zero-order valence-corrected chi connectivity index (χ0v) is 12.7. The van der Waals surface area contributed by atoms with Crippen LogP contribution < -0.4 is 5.32 Å². The van der Waals surface area contributed by atoms with Crippen molar-refractivity contribution in [1.29, 1.82) is 0 Å². The topological polar surface area (TPSA) is 86.6 Å². The molecule has 1 saturated carbocycles. The van der Waals surface area contributed by atoms with E-state index in [1.54, 1.807) is 0 Å². The summed E-state index contributed by atoms with van der Waals surface area (Å²) < 4.78 is 0. The molecular weight excluding hydrogens is 258 g/mol. The van der Waals surface area contributed by atoms with Crippen molar-refractivity contribution in [2.45, 2.75) is 58.9 Å². The third-order valence-corrected chi connectivity index (χ3v) is 4.36. The van der Waals surface area contributed by atoms with Gasteiger partial charge in [-0.05, 0) is 37.0 Å². The summed E-state index contributed by atoms with van der Waals surface area (Å²) in [5.41, 5.74) is 0.266. The standard InChI is InChI=1S/C15H27NO4/c1-15(2,3)11-6-4-10(5-7-11)13(18)16-12(8-9-17)14(19)20/h10-12,17H,4-9H2,1-3H3,(H,16,18)(H,19,20)/t10?,11?,12-/m0/s1. The van der Waals surface area contributed by atoms with Crippen LogP contribution in [0.4, 0.5) is 0 Å². The number of nitrogens with one attached hydrogen (secondary N) is 1. The van der Waals surface area contributed by atoms with Gasteiger partial charge in [-0.3, -0.25) is 4.79 Å². The van der Waals surface area contributed by atoms with E-state index in [0.717, 1.165) is 25.7 Å². The van der Waals surface area contributed by atoms with Crippen LogP contribution in [0.2, 0.25) is 0 Å². The molecule has 1 aliphatic carbocycles.